The molecule has 0 radical (unpaired) electrons. The van der Waals surface area contributed by atoms with Crippen LogP contribution < -0.4 is 11.1 Å². The summed E-state index contributed by atoms with van der Waals surface area (Å²) in [5.41, 5.74) is 5.35. The molecule has 0 aromatic carbocycles. The van der Waals surface area contributed by atoms with E-state index in [4.69, 9.17) is 22.4 Å². The predicted molar refractivity (Wildman–Crippen MR) is 69.4 cm³/mol. The standard InChI is InChI=1S/C10H13BrN2O2S/c1-3-10(2,9(12)16)13-8(14)6-4-5-15-7(6)11/h4-5H,3H2,1-2H3,(H2,12,16)(H,13,14). The van der Waals surface area contributed by atoms with Crippen LogP contribution in [-0.4, -0.2) is 16.4 Å². The third-order valence-electron chi connectivity index (χ3n) is 2.50. The Kier molecular flexibility index (Phi) is 4.09. The van der Waals surface area contributed by atoms with Crippen LogP contribution in [0.25, 0.3) is 0 Å². The summed E-state index contributed by atoms with van der Waals surface area (Å²) >= 11 is 8.08. The molecule has 1 amide bonds. The molecule has 1 heterocycles. The van der Waals surface area contributed by atoms with Gasteiger partial charge in [0.25, 0.3) is 5.91 Å². The zero-order chi connectivity index (χ0) is 12.3. The van der Waals surface area contributed by atoms with E-state index in [1.165, 1.54) is 6.26 Å². The third-order valence-corrected chi connectivity index (χ3v) is 3.57. The summed E-state index contributed by atoms with van der Waals surface area (Å²) in [7, 11) is 0. The molecule has 16 heavy (non-hydrogen) atoms. The second-order valence-corrected chi connectivity index (χ2v) is 4.77. The van der Waals surface area contributed by atoms with Gasteiger partial charge < -0.3 is 15.5 Å². The lowest BCUT2D eigenvalue weighted by Crippen LogP contribution is -2.54. The van der Waals surface area contributed by atoms with E-state index in [1.54, 1.807) is 13.0 Å². The highest BCUT2D eigenvalue weighted by atomic mass is 79.9. The molecule has 1 aromatic heterocycles. The summed E-state index contributed by atoms with van der Waals surface area (Å²) in [5.74, 6) is -0.266. The maximum atomic E-state index is 11.9. The van der Waals surface area contributed by atoms with Gasteiger partial charge >= 0.3 is 0 Å². The maximum Gasteiger partial charge on any atom is 0.256 e. The zero-order valence-corrected chi connectivity index (χ0v) is 11.4. The summed E-state index contributed by atoms with van der Waals surface area (Å²) in [4.78, 5) is 12.2. The summed E-state index contributed by atoms with van der Waals surface area (Å²) in [6.45, 7) is 3.70. The number of nitrogens with two attached hydrogens (primary N) is 1. The van der Waals surface area contributed by atoms with Crippen molar-refractivity contribution < 1.29 is 9.21 Å². The van der Waals surface area contributed by atoms with Crippen molar-refractivity contribution >= 4 is 39.0 Å². The van der Waals surface area contributed by atoms with Crippen LogP contribution in [0.15, 0.2) is 21.4 Å². The number of halogens is 1. The fourth-order valence-electron chi connectivity index (χ4n) is 1.10. The second kappa shape index (κ2) is 4.97. The van der Waals surface area contributed by atoms with Gasteiger partial charge in [0.15, 0.2) is 4.67 Å². The topological polar surface area (TPSA) is 68.3 Å². The quantitative estimate of drug-likeness (QED) is 0.837. The van der Waals surface area contributed by atoms with Gasteiger partial charge in [0.2, 0.25) is 0 Å². The van der Waals surface area contributed by atoms with Gasteiger partial charge in [-0.2, -0.15) is 0 Å². The molecule has 0 fully saturated rings. The fourth-order valence-corrected chi connectivity index (χ4v) is 1.71. The van der Waals surface area contributed by atoms with Crippen LogP contribution in [0.5, 0.6) is 0 Å². The summed E-state index contributed by atoms with van der Waals surface area (Å²) in [6.07, 6.45) is 2.06. The minimum atomic E-state index is -0.677. The molecule has 4 nitrogen and oxygen atoms in total. The number of nitrogens with one attached hydrogen (secondary N) is 1. The van der Waals surface area contributed by atoms with E-state index in [-0.39, 0.29) is 10.9 Å². The third kappa shape index (κ3) is 2.62. The van der Waals surface area contributed by atoms with E-state index in [2.05, 4.69) is 21.2 Å². The molecule has 1 rings (SSSR count). The van der Waals surface area contributed by atoms with E-state index >= 15 is 0 Å². The average molecular weight is 305 g/mol. The van der Waals surface area contributed by atoms with Gasteiger partial charge in [-0.25, -0.2) is 0 Å². The van der Waals surface area contributed by atoms with Crippen LogP contribution in [0.1, 0.15) is 30.6 Å². The van der Waals surface area contributed by atoms with Crippen LogP contribution in [0.4, 0.5) is 0 Å². The van der Waals surface area contributed by atoms with E-state index in [0.717, 1.165) is 0 Å². The minimum absolute atomic E-state index is 0.266. The van der Waals surface area contributed by atoms with Crippen molar-refractivity contribution in [3.05, 3.63) is 22.6 Å². The first kappa shape index (κ1) is 13.2. The normalized spacial score (nSPS) is 14.2. The van der Waals surface area contributed by atoms with E-state index in [9.17, 15) is 4.79 Å². The molecule has 0 aliphatic carbocycles. The van der Waals surface area contributed by atoms with Gasteiger partial charge in [-0.3, -0.25) is 4.79 Å². The minimum Gasteiger partial charge on any atom is -0.457 e. The monoisotopic (exact) mass is 304 g/mol. The summed E-state index contributed by atoms with van der Waals surface area (Å²) in [6, 6.07) is 1.58. The molecule has 0 aliphatic heterocycles. The molecule has 0 aliphatic rings. The van der Waals surface area contributed by atoms with Crippen molar-refractivity contribution in [3.8, 4) is 0 Å². The number of furan rings is 1. The summed E-state index contributed by atoms with van der Waals surface area (Å²) < 4.78 is 5.38. The SMILES string of the molecule is CCC(C)(NC(=O)c1ccoc1Br)C(N)=S. The average Bonchev–Trinajstić information content (AvgIpc) is 2.64. The lowest BCUT2D eigenvalue weighted by molar-refractivity contribution is 0.0925. The highest BCUT2D eigenvalue weighted by molar-refractivity contribution is 9.10. The predicted octanol–water partition coefficient (Wildman–Crippen LogP) is 2.23. The molecule has 0 saturated heterocycles. The number of hydrogen-bond donors (Lipinski definition) is 2. The number of hydrogen-bond acceptors (Lipinski definition) is 3. The Morgan fingerprint density at radius 1 is 1.75 bits per heavy atom. The lowest BCUT2D eigenvalue weighted by Gasteiger charge is -2.28. The van der Waals surface area contributed by atoms with Gasteiger partial charge in [-0.1, -0.05) is 19.1 Å². The Balaban J connectivity index is 2.86. The molecule has 88 valence electrons. The summed E-state index contributed by atoms with van der Waals surface area (Å²) in [5, 5.41) is 2.79. The molecule has 0 bridgehead atoms. The van der Waals surface area contributed by atoms with Crippen LogP contribution in [0, 0.1) is 0 Å². The maximum absolute atomic E-state index is 11.9. The number of thiocarbonyl (C=S) groups is 1. The highest BCUT2D eigenvalue weighted by Crippen LogP contribution is 2.19. The molecule has 0 spiro atoms. The van der Waals surface area contributed by atoms with Gasteiger partial charge in [-0.15, -0.1) is 0 Å². The Labute approximate surface area is 108 Å². The Hall–Kier alpha value is -0.880. The molecule has 3 N–H and O–H groups in total. The smallest absolute Gasteiger partial charge is 0.256 e. The first-order chi connectivity index (χ1) is 7.40. The van der Waals surface area contributed by atoms with Gasteiger partial charge in [-0.05, 0) is 35.3 Å². The number of amides is 1. The van der Waals surface area contributed by atoms with Crippen molar-refractivity contribution in [3.63, 3.8) is 0 Å². The Bertz CT molecular complexity index is 419. The largest absolute Gasteiger partial charge is 0.457 e. The molecule has 1 atom stereocenters. The van der Waals surface area contributed by atoms with Crippen molar-refractivity contribution in [2.75, 3.05) is 0 Å². The molecule has 6 heteroatoms. The van der Waals surface area contributed by atoms with Crippen LogP contribution in [-0.2, 0) is 0 Å². The van der Waals surface area contributed by atoms with Gasteiger partial charge in [0.1, 0.15) is 0 Å². The number of rotatable bonds is 4. The fraction of sp³-hybridized carbons (Fsp3) is 0.400. The second-order valence-electron chi connectivity index (χ2n) is 3.61. The number of carbonyl (C=O) groups excluding carboxylic acids is 1. The lowest BCUT2D eigenvalue weighted by atomic mass is 9.98. The first-order valence-electron chi connectivity index (χ1n) is 4.76. The number of carbonyl (C=O) groups is 1. The Morgan fingerprint density at radius 3 is 2.75 bits per heavy atom. The van der Waals surface area contributed by atoms with Crippen molar-refractivity contribution in [2.45, 2.75) is 25.8 Å². The Morgan fingerprint density at radius 2 is 2.38 bits per heavy atom. The van der Waals surface area contributed by atoms with Crippen LogP contribution in [0.3, 0.4) is 0 Å². The van der Waals surface area contributed by atoms with Gasteiger partial charge in [0, 0.05) is 0 Å². The van der Waals surface area contributed by atoms with Crippen molar-refractivity contribution in [2.24, 2.45) is 5.73 Å². The van der Waals surface area contributed by atoms with E-state index < -0.39 is 5.54 Å². The highest BCUT2D eigenvalue weighted by Gasteiger charge is 2.29. The molecule has 0 saturated carbocycles. The van der Waals surface area contributed by atoms with E-state index in [1.807, 2.05) is 6.92 Å². The van der Waals surface area contributed by atoms with E-state index in [0.29, 0.717) is 16.7 Å². The molecule has 1 unspecified atom stereocenters. The molecular weight excluding hydrogens is 292 g/mol. The zero-order valence-electron chi connectivity index (χ0n) is 9.04. The van der Waals surface area contributed by atoms with Crippen LogP contribution in [0.2, 0.25) is 0 Å². The van der Waals surface area contributed by atoms with Gasteiger partial charge in [0.05, 0.1) is 22.4 Å². The first-order valence-corrected chi connectivity index (χ1v) is 5.96. The van der Waals surface area contributed by atoms with Crippen LogP contribution >= 0.6 is 28.1 Å². The van der Waals surface area contributed by atoms with Crippen molar-refractivity contribution in [1.29, 1.82) is 0 Å². The molecule has 1 aromatic rings. The van der Waals surface area contributed by atoms with Crippen molar-refractivity contribution in [1.82, 2.24) is 5.32 Å². The molecular formula is C10H13BrN2O2S.